The van der Waals surface area contributed by atoms with Crippen LogP contribution in [0.3, 0.4) is 0 Å². The quantitative estimate of drug-likeness (QED) is 0.619. The molecular formula is C23H21Cl2NO4. The lowest BCUT2D eigenvalue weighted by molar-refractivity contribution is -0.119. The van der Waals surface area contributed by atoms with Gasteiger partial charge in [0, 0.05) is 35.6 Å². The fourth-order valence-corrected chi connectivity index (χ4v) is 4.69. The summed E-state index contributed by atoms with van der Waals surface area (Å²) in [6.45, 7) is 0. The minimum absolute atomic E-state index is 0.0433. The molecule has 4 rings (SSSR count). The molecule has 2 aromatic carbocycles. The van der Waals surface area contributed by atoms with E-state index in [-0.39, 0.29) is 18.1 Å². The Balaban J connectivity index is 1.92. The third kappa shape index (κ3) is 3.46. The maximum atomic E-state index is 13.4. The van der Waals surface area contributed by atoms with Crippen LogP contribution in [0.4, 0.5) is 5.69 Å². The van der Waals surface area contributed by atoms with Crippen molar-refractivity contribution in [2.75, 3.05) is 19.1 Å². The summed E-state index contributed by atoms with van der Waals surface area (Å²) >= 11 is 12.6. The number of amides is 1. The number of ether oxygens (including phenoxy) is 2. The van der Waals surface area contributed by atoms with Gasteiger partial charge in [0.15, 0.2) is 5.78 Å². The summed E-state index contributed by atoms with van der Waals surface area (Å²) in [7, 11) is 3.16. The van der Waals surface area contributed by atoms with Crippen molar-refractivity contribution in [3.8, 4) is 11.5 Å². The highest BCUT2D eigenvalue weighted by Crippen LogP contribution is 2.47. The Morgan fingerprint density at radius 2 is 1.83 bits per heavy atom. The van der Waals surface area contributed by atoms with Crippen molar-refractivity contribution in [3.63, 3.8) is 0 Å². The number of rotatable bonds is 4. The van der Waals surface area contributed by atoms with E-state index in [0.29, 0.717) is 57.8 Å². The number of nitrogens with zero attached hydrogens (tertiary/aromatic N) is 1. The van der Waals surface area contributed by atoms with Gasteiger partial charge in [0.2, 0.25) is 5.91 Å². The molecular weight excluding hydrogens is 425 g/mol. The molecule has 2 aromatic rings. The first-order chi connectivity index (χ1) is 14.5. The van der Waals surface area contributed by atoms with Crippen LogP contribution in [0.5, 0.6) is 11.5 Å². The van der Waals surface area contributed by atoms with Crippen molar-refractivity contribution in [2.45, 2.75) is 31.6 Å². The Hall–Kier alpha value is -2.50. The number of hydrogen-bond donors (Lipinski definition) is 0. The number of ketones is 1. The van der Waals surface area contributed by atoms with Crippen LogP contribution >= 0.6 is 23.2 Å². The van der Waals surface area contributed by atoms with Crippen LogP contribution in [-0.2, 0) is 9.59 Å². The Morgan fingerprint density at radius 3 is 2.57 bits per heavy atom. The van der Waals surface area contributed by atoms with Gasteiger partial charge in [-0.05, 0) is 43.2 Å². The third-order valence-corrected chi connectivity index (χ3v) is 6.47. The zero-order chi connectivity index (χ0) is 21.4. The van der Waals surface area contributed by atoms with E-state index in [2.05, 4.69) is 0 Å². The molecule has 1 unspecified atom stereocenters. The number of halogens is 2. The predicted octanol–water partition coefficient (Wildman–Crippen LogP) is 5.54. The number of carbonyl (C=O) groups excluding carboxylic acids is 2. The van der Waals surface area contributed by atoms with Crippen LogP contribution in [0.2, 0.25) is 10.0 Å². The predicted molar refractivity (Wildman–Crippen MR) is 117 cm³/mol. The molecule has 0 radical (unpaired) electrons. The highest BCUT2D eigenvalue weighted by molar-refractivity contribution is 6.44. The van der Waals surface area contributed by atoms with E-state index >= 15 is 0 Å². The van der Waals surface area contributed by atoms with Gasteiger partial charge in [-0.1, -0.05) is 29.3 Å². The molecule has 0 aromatic heterocycles. The van der Waals surface area contributed by atoms with Gasteiger partial charge in [-0.25, -0.2) is 0 Å². The van der Waals surface area contributed by atoms with Crippen LogP contribution in [-0.4, -0.2) is 25.9 Å². The maximum absolute atomic E-state index is 13.4. The average Bonchev–Trinajstić information content (AvgIpc) is 2.75. The molecule has 156 valence electrons. The lowest BCUT2D eigenvalue weighted by Gasteiger charge is -2.39. The zero-order valence-electron chi connectivity index (χ0n) is 16.7. The molecule has 0 N–H and O–H groups in total. The summed E-state index contributed by atoms with van der Waals surface area (Å²) in [6, 6.07) is 10.6. The van der Waals surface area contributed by atoms with Crippen LogP contribution in [0.15, 0.2) is 47.7 Å². The van der Waals surface area contributed by atoms with Gasteiger partial charge in [0.25, 0.3) is 0 Å². The molecule has 1 atom stereocenters. The van der Waals surface area contributed by atoms with E-state index in [1.807, 2.05) is 6.07 Å². The van der Waals surface area contributed by atoms with Crippen LogP contribution in [0, 0.1) is 0 Å². The largest absolute Gasteiger partial charge is 0.497 e. The number of allylic oxidation sites excluding steroid dienone is 2. The van der Waals surface area contributed by atoms with E-state index in [0.717, 1.165) is 5.56 Å². The minimum atomic E-state index is -0.403. The average molecular weight is 446 g/mol. The normalized spacial score (nSPS) is 19.1. The first-order valence-electron chi connectivity index (χ1n) is 9.71. The van der Waals surface area contributed by atoms with Crippen molar-refractivity contribution in [3.05, 3.63) is 63.3 Å². The smallest absolute Gasteiger partial charge is 0.232 e. The Labute approximate surface area is 185 Å². The van der Waals surface area contributed by atoms with Gasteiger partial charge in [0.1, 0.15) is 11.5 Å². The highest BCUT2D eigenvalue weighted by atomic mass is 35.5. The number of hydrogen-bond acceptors (Lipinski definition) is 4. The molecule has 30 heavy (non-hydrogen) atoms. The molecule has 1 amide bonds. The molecule has 0 spiro atoms. The Morgan fingerprint density at radius 1 is 1.03 bits per heavy atom. The number of anilines is 1. The number of Topliss-reactive ketones (excluding diaryl/α,β-unsaturated/α-hetero) is 1. The lowest BCUT2D eigenvalue weighted by atomic mass is 9.76. The first-order valence-corrected chi connectivity index (χ1v) is 10.5. The summed E-state index contributed by atoms with van der Waals surface area (Å²) in [6.07, 6.45) is 1.86. The number of carbonyl (C=O) groups is 2. The molecule has 1 aliphatic carbocycles. The van der Waals surface area contributed by atoms with Crippen molar-refractivity contribution >= 4 is 40.6 Å². The Kier molecular flexibility index (Phi) is 5.76. The van der Waals surface area contributed by atoms with Crippen molar-refractivity contribution in [2.24, 2.45) is 0 Å². The van der Waals surface area contributed by atoms with Crippen LogP contribution < -0.4 is 14.4 Å². The molecule has 7 heteroatoms. The molecule has 0 fully saturated rings. The van der Waals surface area contributed by atoms with E-state index in [9.17, 15) is 9.59 Å². The summed E-state index contributed by atoms with van der Waals surface area (Å²) in [5.74, 6) is 0.765. The standard InChI is InChI=1S/C23H21Cl2NO4/c1-29-13-9-10-20(30-2)14(11-13)15-12-21(28)26(17-6-4-8-19(27)22(15)17)18-7-3-5-16(24)23(18)25/h3,5,7,9-11,15H,4,6,8,12H2,1-2H3. The van der Waals surface area contributed by atoms with E-state index < -0.39 is 5.92 Å². The zero-order valence-corrected chi connectivity index (χ0v) is 18.2. The second-order valence-electron chi connectivity index (χ2n) is 7.30. The van der Waals surface area contributed by atoms with Gasteiger partial charge in [-0.2, -0.15) is 0 Å². The second-order valence-corrected chi connectivity index (χ2v) is 8.09. The van der Waals surface area contributed by atoms with E-state index in [1.54, 1.807) is 49.5 Å². The van der Waals surface area contributed by atoms with Crippen molar-refractivity contribution in [1.29, 1.82) is 0 Å². The molecule has 5 nitrogen and oxygen atoms in total. The molecule has 1 heterocycles. The van der Waals surface area contributed by atoms with E-state index in [1.165, 1.54) is 0 Å². The molecule has 0 bridgehead atoms. The third-order valence-electron chi connectivity index (χ3n) is 5.66. The van der Waals surface area contributed by atoms with Crippen molar-refractivity contribution in [1.82, 2.24) is 0 Å². The summed E-state index contributed by atoms with van der Waals surface area (Å²) in [5.41, 5.74) is 2.61. The fourth-order valence-electron chi connectivity index (χ4n) is 4.31. The molecule has 1 aliphatic heterocycles. The van der Waals surface area contributed by atoms with Crippen molar-refractivity contribution < 1.29 is 19.1 Å². The number of methoxy groups -OCH3 is 2. The Bertz CT molecular complexity index is 1060. The SMILES string of the molecule is COc1ccc(OC)c(C2CC(=O)N(c3cccc(Cl)c3Cl)C3=C2C(=O)CCC3)c1. The highest BCUT2D eigenvalue weighted by Gasteiger charge is 2.41. The van der Waals surface area contributed by atoms with Crippen LogP contribution in [0.25, 0.3) is 0 Å². The van der Waals surface area contributed by atoms with Gasteiger partial charge >= 0.3 is 0 Å². The first kappa shape index (κ1) is 20.8. The lowest BCUT2D eigenvalue weighted by Crippen LogP contribution is -2.40. The van der Waals surface area contributed by atoms with Crippen LogP contribution in [0.1, 0.15) is 37.2 Å². The maximum Gasteiger partial charge on any atom is 0.232 e. The monoisotopic (exact) mass is 445 g/mol. The minimum Gasteiger partial charge on any atom is -0.497 e. The fraction of sp³-hybridized carbons (Fsp3) is 0.304. The summed E-state index contributed by atoms with van der Waals surface area (Å²) < 4.78 is 10.9. The molecule has 0 saturated heterocycles. The van der Waals surface area contributed by atoms with Gasteiger partial charge in [0.05, 0.1) is 30.0 Å². The topological polar surface area (TPSA) is 55.8 Å². The van der Waals surface area contributed by atoms with Gasteiger partial charge in [-0.15, -0.1) is 0 Å². The summed E-state index contributed by atoms with van der Waals surface area (Å²) in [4.78, 5) is 28.0. The molecule has 0 saturated carbocycles. The van der Waals surface area contributed by atoms with Gasteiger partial charge in [-0.3, -0.25) is 14.5 Å². The number of benzene rings is 2. The molecule has 2 aliphatic rings. The van der Waals surface area contributed by atoms with Gasteiger partial charge < -0.3 is 9.47 Å². The van der Waals surface area contributed by atoms with E-state index in [4.69, 9.17) is 32.7 Å². The second kappa shape index (κ2) is 8.32. The summed E-state index contributed by atoms with van der Waals surface area (Å²) in [5, 5.41) is 0.664.